The van der Waals surface area contributed by atoms with Crippen molar-refractivity contribution < 1.29 is 22.3 Å². The first kappa shape index (κ1) is 22.1. The summed E-state index contributed by atoms with van der Waals surface area (Å²) >= 11 is 0. The summed E-state index contributed by atoms with van der Waals surface area (Å²) in [7, 11) is -3.78. The number of rotatable bonds is 7. The van der Waals surface area contributed by atoms with Gasteiger partial charge in [0.1, 0.15) is 23.7 Å². The zero-order valence-corrected chi connectivity index (χ0v) is 18.2. The van der Waals surface area contributed by atoms with Crippen molar-refractivity contribution in [2.45, 2.75) is 44.8 Å². The number of amides is 1. The summed E-state index contributed by atoms with van der Waals surface area (Å²) in [6, 6.07) is 12.4. The Hall–Kier alpha value is -2.61. The van der Waals surface area contributed by atoms with Crippen molar-refractivity contribution in [2.75, 3.05) is 17.1 Å². The van der Waals surface area contributed by atoms with E-state index in [1.54, 1.807) is 0 Å². The summed E-state index contributed by atoms with van der Waals surface area (Å²) in [5, 5.41) is 2.97. The van der Waals surface area contributed by atoms with Crippen LogP contribution in [0.4, 0.5) is 10.1 Å². The molecule has 3 rings (SSSR count). The fourth-order valence-electron chi connectivity index (χ4n) is 3.83. The minimum Gasteiger partial charge on any atom is -0.487 e. The van der Waals surface area contributed by atoms with E-state index in [0.29, 0.717) is 6.42 Å². The summed E-state index contributed by atoms with van der Waals surface area (Å²) < 4.78 is 45.3. The highest BCUT2D eigenvalue weighted by Crippen LogP contribution is 2.42. The summed E-state index contributed by atoms with van der Waals surface area (Å²) in [6.45, 7) is 3.66. The lowest BCUT2D eigenvalue weighted by Gasteiger charge is -2.41. The Morgan fingerprint density at radius 2 is 1.90 bits per heavy atom. The van der Waals surface area contributed by atoms with Crippen molar-refractivity contribution in [3.63, 3.8) is 0 Å². The van der Waals surface area contributed by atoms with Crippen LogP contribution in [-0.4, -0.2) is 32.7 Å². The third-order valence-corrected chi connectivity index (χ3v) is 6.75. The molecule has 0 unspecified atom stereocenters. The highest BCUT2D eigenvalue weighted by Gasteiger charge is 2.39. The van der Waals surface area contributed by atoms with Crippen LogP contribution in [-0.2, 0) is 14.8 Å². The van der Waals surface area contributed by atoms with Gasteiger partial charge in [0.25, 0.3) is 0 Å². The Morgan fingerprint density at radius 1 is 1.20 bits per heavy atom. The van der Waals surface area contributed by atoms with Crippen LogP contribution in [0.25, 0.3) is 0 Å². The van der Waals surface area contributed by atoms with E-state index in [4.69, 9.17) is 4.74 Å². The van der Waals surface area contributed by atoms with Gasteiger partial charge in [0.15, 0.2) is 0 Å². The minimum absolute atomic E-state index is 0.108. The molecule has 1 aliphatic rings. The molecule has 0 bridgehead atoms. The molecule has 0 radical (unpaired) electrons. The molecule has 2 aromatic carbocycles. The SMILES string of the molecule is CCC1(CC)C[C@@H](NC(=O)CN(c2cccc(F)c2)S(C)(=O)=O)c2ccccc2O1. The second-order valence-electron chi connectivity index (χ2n) is 7.60. The molecule has 162 valence electrons. The van der Waals surface area contributed by atoms with E-state index in [1.165, 1.54) is 18.2 Å². The predicted molar refractivity (Wildman–Crippen MR) is 114 cm³/mol. The van der Waals surface area contributed by atoms with Crippen LogP contribution >= 0.6 is 0 Å². The number of fused-ring (bicyclic) bond motifs is 1. The molecule has 6 nitrogen and oxygen atoms in total. The number of anilines is 1. The van der Waals surface area contributed by atoms with Crippen LogP contribution in [0.15, 0.2) is 48.5 Å². The van der Waals surface area contributed by atoms with Gasteiger partial charge in [0, 0.05) is 12.0 Å². The van der Waals surface area contributed by atoms with Gasteiger partial charge in [-0.3, -0.25) is 9.10 Å². The van der Waals surface area contributed by atoms with Crippen molar-refractivity contribution >= 4 is 21.6 Å². The normalized spacial score (nSPS) is 17.5. The Morgan fingerprint density at radius 3 is 2.53 bits per heavy atom. The summed E-state index contributed by atoms with van der Waals surface area (Å²) in [6.07, 6.45) is 3.14. The molecule has 0 saturated carbocycles. The first-order chi connectivity index (χ1) is 14.2. The Bertz CT molecular complexity index is 1020. The van der Waals surface area contributed by atoms with Gasteiger partial charge < -0.3 is 10.1 Å². The molecule has 2 aromatic rings. The molecular formula is C22H27FN2O4S. The maximum atomic E-state index is 13.6. The van der Waals surface area contributed by atoms with Gasteiger partial charge in [-0.15, -0.1) is 0 Å². The van der Waals surface area contributed by atoms with Gasteiger partial charge in [-0.2, -0.15) is 0 Å². The van der Waals surface area contributed by atoms with Gasteiger partial charge in [0.2, 0.25) is 15.9 Å². The highest BCUT2D eigenvalue weighted by atomic mass is 32.2. The van der Waals surface area contributed by atoms with Crippen molar-refractivity contribution in [1.82, 2.24) is 5.32 Å². The van der Waals surface area contributed by atoms with Crippen molar-refractivity contribution in [3.8, 4) is 5.75 Å². The largest absolute Gasteiger partial charge is 0.487 e. The molecule has 1 aliphatic heterocycles. The van der Waals surface area contributed by atoms with Gasteiger partial charge in [0.05, 0.1) is 18.0 Å². The number of nitrogens with zero attached hydrogens (tertiary/aromatic N) is 1. The van der Waals surface area contributed by atoms with Gasteiger partial charge >= 0.3 is 0 Å². The molecule has 0 aliphatic carbocycles. The maximum absolute atomic E-state index is 13.6. The molecule has 0 fully saturated rings. The zero-order valence-electron chi connectivity index (χ0n) is 17.4. The second kappa shape index (κ2) is 8.63. The Labute approximate surface area is 177 Å². The molecule has 30 heavy (non-hydrogen) atoms. The first-order valence-corrected chi connectivity index (χ1v) is 11.8. The second-order valence-corrected chi connectivity index (χ2v) is 9.51. The zero-order chi connectivity index (χ0) is 21.9. The number of halogens is 1. The standard InChI is InChI=1S/C22H27FN2O4S/c1-4-22(5-2)14-19(18-11-6-7-12-20(18)29-22)24-21(26)15-25(30(3,27)28)17-10-8-9-16(23)13-17/h6-13,19H,4-5,14-15H2,1-3H3,(H,24,26)/t19-/m1/s1. The third-order valence-electron chi connectivity index (χ3n) is 5.60. The maximum Gasteiger partial charge on any atom is 0.241 e. The Kier molecular flexibility index (Phi) is 6.36. The van der Waals surface area contributed by atoms with Gasteiger partial charge in [-0.25, -0.2) is 12.8 Å². The molecule has 0 saturated heterocycles. The molecule has 1 atom stereocenters. The number of carbonyl (C=O) groups excluding carboxylic acids is 1. The van der Waals surface area contributed by atoms with Crippen LogP contribution in [0.2, 0.25) is 0 Å². The highest BCUT2D eigenvalue weighted by molar-refractivity contribution is 7.92. The van der Waals surface area contributed by atoms with E-state index in [-0.39, 0.29) is 11.7 Å². The molecule has 0 spiro atoms. The number of para-hydroxylation sites is 1. The number of hydrogen-bond donors (Lipinski definition) is 1. The van der Waals surface area contributed by atoms with E-state index in [9.17, 15) is 17.6 Å². The third kappa shape index (κ3) is 4.75. The van der Waals surface area contributed by atoms with E-state index < -0.39 is 33.9 Å². The molecule has 1 N–H and O–H groups in total. The molecule has 0 aromatic heterocycles. The van der Waals surface area contributed by atoms with E-state index >= 15 is 0 Å². The van der Waals surface area contributed by atoms with Crippen molar-refractivity contribution in [1.29, 1.82) is 0 Å². The average Bonchev–Trinajstić information content (AvgIpc) is 2.71. The fraction of sp³-hybridized carbons (Fsp3) is 0.409. The number of carbonyl (C=O) groups is 1. The first-order valence-electron chi connectivity index (χ1n) is 9.98. The molecule has 1 heterocycles. The number of ether oxygens (including phenoxy) is 1. The molecule has 1 amide bonds. The number of nitrogens with one attached hydrogen (secondary N) is 1. The van der Waals surface area contributed by atoms with Gasteiger partial charge in [-0.05, 0) is 37.1 Å². The van der Waals surface area contributed by atoms with E-state index in [0.717, 1.165) is 40.8 Å². The van der Waals surface area contributed by atoms with Gasteiger partial charge in [-0.1, -0.05) is 38.1 Å². The fourth-order valence-corrected chi connectivity index (χ4v) is 4.68. The Balaban J connectivity index is 1.85. The number of benzene rings is 2. The van der Waals surface area contributed by atoms with E-state index in [1.807, 2.05) is 38.1 Å². The topological polar surface area (TPSA) is 75.7 Å². The molecular weight excluding hydrogens is 407 g/mol. The van der Waals surface area contributed by atoms with Crippen molar-refractivity contribution in [3.05, 3.63) is 59.9 Å². The lowest BCUT2D eigenvalue weighted by Crippen LogP contribution is -2.47. The van der Waals surface area contributed by atoms with E-state index in [2.05, 4.69) is 5.32 Å². The summed E-state index contributed by atoms with van der Waals surface area (Å²) in [5.41, 5.74) is 0.572. The predicted octanol–water partition coefficient (Wildman–Crippen LogP) is 3.79. The van der Waals surface area contributed by atoms with Crippen LogP contribution in [0.3, 0.4) is 0 Å². The van der Waals surface area contributed by atoms with Crippen LogP contribution in [0, 0.1) is 5.82 Å². The monoisotopic (exact) mass is 434 g/mol. The average molecular weight is 435 g/mol. The van der Waals surface area contributed by atoms with Crippen LogP contribution < -0.4 is 14.4 Å². The lowest BCUT2D eigenvalue weighted by molar-refractivity contribution is -0.121. The molecule has 8 heteroatoms. The lowest BCUT2D eigenvalue weighted by atomic mass is 9.83. The number of hydrogen-bond acceptors (Lipinski definition) is 4. The quantitative estimate of drug-likeness (QED) is 0.719. The van der Waals surface area contributed by atoms with Crippen LogP contribution in [0.5, 0.6) is 5.75 Å². The number of sulfonamides is 1. The summed E-state index contributed by atoms with van der Waals surface area (Å²) in [5.74, 6) is -0.314. The van der Waals surface area contributed by atoms with Crippen LogP contribution in [0.1, 0.15) is 44.7 Å². The minimum atomic E-state index is -3.78. The summed E-state index contributed by atoms with van der Waals surface area (Å²) in [4.78, 5) is 12.9. The smallest absolute Gasteiger partial charge is 0.241 e. The van der Waals surface area contributed by atoms with Crippen molar-refractivity contribution in [2.24, 2.45) is 0 Å².